The number of hydrogen-bond donors (Lipinski definition) is 2. The SMILES string of the molecule is CS(=O)(=O)N1CCCC(NC(=O)c2cccc(S(=O)(=O)NCC3CCCO3)c2)C1. The number of carbonyl (C=O) groups is 1. The number of amides is 1. The molecule has 29 heavy (non-hydrogen) atoms. The van der Waals surface area contributed by atoms with Crippen molar-refractivity contribution in [1.82, 2.24) is 14.3 Å². The summed E-state index contributed by atoms with van der Waals surface area (Å²) >= 11 is 0. The predicted molar refractivity (Wildman–Crippen MR) is 108 cm³/mol. The van der Waals surface area contributed by atoms with Crippen LogP contribution in [0.1, 0.15) is 36.0 Å². The number of nitrogens with one attached hydrogen (secondary N) is 2. The van der Waals surface area contributed by atoms with Crippen molar-refractivity contribution < 1.29 is 26.4 Å². The van der Waals surface area contributed by atoms with Gasteiger partial charge in [0.05, 0.1) is 17.3 Å². The molecule has 1 aromatic rings. The van der Waals surface area contributed by atoms with Gasteiger partial charge in [0.15, 0.2) is 0 Å². The van der Waals surface area contributed by atoms with Gasteiger partial charge in [-0.1, -0.05) is 6.07 Å². The molecule has 2 N–H and O–H groups in total. The molecule has 0 saturated carbocycles. The number of nitrogens with zero attached hydrogens (tertiary/aromatic N) is 1. The second-order valence-electron chi connectivity index (χ2n) is 7.45. The van der Waals surface area contributed by atoms with E-state index in [4.69, 9.17) is 4.74 Å². The van der Waals surface area contributed by atoms with Gasteiger partial charge in [0.2, 0.25) is 20.0 Å². The third-order valence-electron chi connectivity index (χ3n) is 5.12. The Hall–Kier alpha value is -1.53. The number of sulfonamides is 2. The Labute approximate surface area is 171 Å². The first kappa shape index (κ1) is 22.2. The van der Waals surface area contributed by atoms with Gasteiger partial charge in [-0.3, -0.25) is 4.79 Å². The van der Waals surface area contributed by atoms with Crippen LogP contribution in [0.4, 0.5) is 0 Å². The van der Waals surface area contributed by atoms with Gasteiger partial charge >= 0.3 is 0 Å². The van der Waals surface area contributed by atoms with Crippen LogP contribution in [-0.2, 0) is 24.8 Å². The van der Waals surface area contributed by atoms with Crippen LogP contribution in [-0.4, -0.2) is 71.7 Å². The van der Waals surface area contributed by atoms with Gasteiger partial charge in [-0.25, -0.2) is 25.9 Å². The molecule has 1 aromatic carbocycles. The summed E-state index contributed by atoms with van der Waals surface area (Å²) in [5.41, 5.74) is 0.210. The highest BCUT2D eigenvalue weighted by Crippen LogP contribution is 2.16. The predicted octanol–water partition coefficient (Wildman–Crippen LogP) is 0.298. The Balaban J connectivity index is 1.64. The first-order chi connectivity index (χ1) is 13.6. The molecule has 3 rings (SSSR count). The molecule has 2 saturated heterocycles. The second kappa shape index (κ2) is 9.09. The maximum absolute atomic E-state index is 12.6. The van der Waals surface area contributed by atoms with Crippen LogP contribution in [0.15, 0.2) is 29.2 Å². The number of carbonyl (C=O) groups excluding carboxylic acids is 1. The van der Waals surface area contributed by atoms with E-state index in [1.807, 2.05) is 0 Å². The van der Waals surface area contributed by atoms with Gasteiger partial charge in [-0.15, -0.1) is 0 Å². The quantitative estimate of drug-likeness (QED) is 0.622. The maximum atomic E-state index is 12.6. The van der Waals surface area contributed by atoms with E-state index < -0.39 is 26.0 Å². The van der Waals surface area contributed by atoms with E-state index in [-0.39, 0.29) is 35.7 Å². The van der Waals surface area contributed by atoms with Crippen LogP contribution >= 0.6 is 0 Å². The van der Waals surface area contributed by atoms with Crippen LogP contribution in [0.3, 0.4) is 0 Å². The molecule has 0 spiro atoms. The third kappa shape index (κ3) is 5.98. The first-order valence-corrected chi connectivity index (χ1v) is 13.0. The zero-order valence-electron chi connectivity index (χ0n) is 16.3. The Kier molecular flexibility index (Phi) is 6.94. The van der Waals surface area contributed by atoms with Crippen molar-refractivity contribution in [1.29, 1.82) is 0 Å². The Morgan fingerprint density at radius 3 is 2.69 bits per heavy atom. The molecule has 2 fully saturated rings. The van der Waals surface area contributed by atoms with Crippen LogP contribution < -0.4 is 10.0 Å². The smallest absolute Gasteiger partial charge is 0.251 e. The van der Waals surface area contributed by atoms with Crippen molar-refractivity contribution in [3.8, 4) is 0 Å². The number of benzene rings is 1. The van der Waals surface area contributed by atoms with Gasteiger partial charge < -0.3 is 10.1 Å². The van der Waals surface area contributed by atoms with Crippen molar-refractivity contribution >= 4 is 26.0 Å². The summed E-state index contributed by atoms with van der Waals surface area (Å²) in [5, 5.41) is 2.81. The van der Waals surface area contributed by atoms with E-state index in [1.165, 1.54) is 28.6 Å². The summed E-state index contributed by atoms with van der Waals surface area (Å²) in [6.07, 6.45) is 4.07. The number of hydrogen-bond acceptors (Lipinski definition) is 6. The lowest BCUT2D eigenvalue weighted by molar-refractivity contribution is 0.0921. The number of ether oxygens (including phenoxy) is 1. The Morgan fingerprint density at radius 1 is 1.21 bits per heavy atom. The van der Waals surface area contributed by atoms with Gasteiger partial charge in [0, 0.05) is 37.8 Å². The topological polar surface area (TPSA) is 122 Å². The minimum Gasteiger partial charge on any atom is -0.377 e. The minimum absolute atomic E-state index is 0.00422. The standard InChI is InChI=1S/C18H27N3O6S2/c1-28(23,24)21-9-3-6-15(13-21)20-18(22)14-5-2-8-17(11-14)29(25,26)19-12-16-7-4-10-27-16/h2,5,8,11,15-16,19H,3-4,6-7,9-10,12-13H2,1H3,(H,20,22). The highest BCUT2D eigenvalue weighted by Gasteiger charge is 2.27. The van der Waals surface area contributed by atoms with Crippen molar-refractivity contribution in [3.05, 3.63) is 29.8 Å². The molecule has 2 aliphatic rings. The number of rotatable bonds is 7. The minimum atomic E-state index is -3.76. The summed E-state index contributed by atoms with van der Waals surface area (Å²) < 4.78 is 57.8. The molecular formula is C18H27N3O6S2. The third-order valence-corrected chi connectivity index (χ3v) is 7.81. The van der Waals surface area contributed by atoms with Crippen molar-refractivity contribution in [2.75, 3.05) is 32.5 Å². The fraction of sp³-hybridized carbons (Fsp3) is 0.611. The molecule has 162 valence electrons. The van der Waals surface area contributed by atoms with E-state index in [0.29, 0.717) is 26.0 Å². The van der Waals surface area contributed by atoms with E-state index in [1.54, 1.807) is 0 Å². The van der Waals surface area contributed by atoms with Crippen molar-refractivity contribution in [3.63, 3.8) is 0 Å². The average molecular weight is 446 g/mol. The maximum Gasteiger partial charge on any atom is 0.251 e. The summed E-state index contributed by atoms with van der Waals surface area (Å²) in [6, 6.07) is 5.49. The summed E-state index contributed by atoms with van der Waals surface area (Å²) in [6.45, 7) is 1.49. The summed E-state index contributed by atoms with van der Waals surface area (Å²) in [4.78, 5) is 12.6. The highest BCUT2D eigenvalue weighted by atomic mass is 32.2. The van der Waals surface area contributed by atoms with E-state index in [2.05, 4.69) is 10.0 Å². The van der Waals surface area contributed by atoms with Gasteiger partial charge in [0.25, 0.3) is 5.91 Å². The fourth-order valence-electron chi connectivity index (χ4n) is 3.53. The molecule has 11 heteroatoms. The summed E-state index contributed by atoms with van der Waals surface area (Å²) in [5.74, 6) is -0.429. The van der Waals surface area contributed by atoms with E-state index in [9.17, 15) is 21.6 Å². The molecule has 2 aliphatic heterocycles. The molecule has 9 nitrogen and oxygen atoms in total. The summed E-state index contributed by atoms with van der Waals surface area (Å²) in [7, 11) is -7.08. The van der Waals surface area contributed by atoms with Gasteiger partial charge in [-0.2, -0.15) is 0 Å². The van der Waals surface area contributed by atoms with Gasteiger partial charge in [0.1, 0.15) is 0 Å². The monoisotopic (exact) mass is 445 g/mol. The Bertz CT molecular complexity index is 942. The van der Waals surface area contributed by atoms with Crippen molar-refractivity contribution in [2.24, 2.45) is 0 Å². The average Bonchev–Trinajstić information content (AvgIpc) is 3.20. The first-order valence-electron chi connectivity index (χ1n) is 9.62. The normalized spacial score (nSPS) is 23.8. The van der Waals surface area contributed by atoms with Crippen LogP contribution in [0.2, 0.25) is 0 Å². The Morgan fingerprint density at radius 2 is 2.00 bits per heavy atom. The molecule has 0 aromatic heterocycles. The molecule has 0 aliphatic carbocycles. The van der Waals surface area contributed by atoms with E-state index >= 15 is 0 Å². The zero-order chi connectivity index (χ0) is 21.1. The molecule has 2 heterocycles. The lowest BCUT2D eigenvalue weighted by Gasteiger charge is -2.31. The zero-order valence-corrected chi connectivity index (χ0v) is 18.0. The molecule has 2 unspecified atom stereocenters. The molecule has 0 radical (unpaired) electrons. The fourth-order valence-corrected chi connectivity index (χ4v) is 5.55. The lowest BCUT2D eigenvalue weighted by atomic mass is 10.1. The van der Waals surface area contributed by atoms with Crippen LogP contribution in [0.5, 0.6) is 0 Å². The largest absolute Gasteiger partial charge is 0.377 e. The molecule has 0 bridgehead atoms. The molecule has 1 amide bonds. The van der Waals surface area contributed by atoms with Crippen molar-refractivity contribution in [2.45, 2.75) is 42.7 Å². The second-order valence-corrected chi connectivity index (χ2v) is 11.2. The molecule has 2 atom stereocenters. The highest BCUT2D eigenvalue weighted by molar-refractivity contribution is 7.89. The van der Waals surface area contributed by atoms with Crippen LogP contribution in [0.25, 0.3) is 0 Å². The van der Waals surface area contributed by atoms with E-state index in [0.717, 1.165) is 19.1 Å². The number of piperidine rings is 1. The lowest BCUT2D eigenvalue weighted by Crippen LogP contribution is -2.49. The van der Waals surface area contributed by atoms with Gasteiger partial charge in [-0.05, 0) is 43.9 Å². The van der Waals surface area contributed by atoms with Crippen LogP contribution in [0, 0.1) is 0 Å². The molecular weight excluding hydrogens is 418 g/mol.